The van der Waals surface area contributed by atoms with Gasteiger partial charge >= 0.3 is 0 Å². The van der Waals surface area contributed by atoms with Gasteiger partial charge in [0.05, 0.1) is 10.2 Å². The quantitative estimate of drug-likeness (QED) is 0.320. The molecule has 0 radical (unpaired) electrons. The molecule has 0 amide bonds. The maximum atomic E-state index is 4.75. The molecule has 1 aromatic rings. The lowest BCUT2D eigenvalue weighted by atomic mass is 10.0. The molecule has 1 aromatic heterocycles. The Kier molecular flexibility index (Phi) is 10.5. The fraction of sp³-hybridized carbons (Fsp3) is 0.810. The van der Waals surface area contributed by atoms with Gasteiger partial charge in [0, 0.05) is 19.3 Å². The van der Waals surface area contributed by atoms with E-state index >= 15 is 0 Å². The first-order chi connectivity index (χ1) is 12.3. The Morgan fingerprint density at radius 2 is 1.44 bits per heavy atom. The van der Waals surface area contributed by atoms with E-state index in [9.17, 15) is 0 Å². The summed E-state index contributed by atoms with van der Waals surface area (Å²) in [5.74, 6) is 0.920. The van der Waals surface area contributed by atoms with Gasteiger partial charge in [-0.2, -0.15) is 0 Å². The predicted octanol–water partition coefficient (Wildman–Crippen LogP) is 6.69. The van der Waals surface area contributed by atoms with E-state index in [1.807, 2.05) is 6.20 Å². The summed E-state index contributed by atoms with van der Waals surface area (Å²) in [5, 5.41) is 0. The molecule has 142 valence electrons. The number of anilines is 1. The minimum absolute atomic E-state index is 0.920. The van der Waals surface area contributed by atoms with Crippen molar-refractivity contribution in [2.24, 2.45) is 0 Å². The molecule has 0 aliphatic carbocycles. The summed E-state index contributed by atoms with van der Waals surface area (Å²) in [6.07, 6.45) is 21.0. The number of hydrogen-bond donors (Lipinski definition) is 0. The van der Waals surface area contributed by atoms with Crippen molar-refractivity contribution in [3.8, 4) is 0 Å². The number of nitrogens with zero attached hydrogens (tertiary/aromatic N) is 3. The third-order valence-electron chi connectivity index (χ3n) is 5.21. The van der Waals surface area contributed by atoms with Crippen molar-refractivity contribution in [3.63, 3.8) is 0 Å². The van der Waals surface area contributed by atoms with E-state index in [2.05, 4.69) is 32.7 Å². The third kappa shape index (κ3) is 8.06. The molecule has 2 heterocycles. The number of unbranched alkanes of at least 4 members (excludes halogenated alkanes) is 11. The molecule has 0 aromatic carbocycles. The van der Waals surface area contributed by atoms with Gasteiger partial charge in [-0.25, -0.2) is 9.97 Å². The Hall–Kier alpha value is -0.640. The van der Waals surface area contributed by atoms with Gasteiger partial charge in [0.25, 0.3) is 0 Å². The molecular formula is C21H36BrN3. The molecule has 0 atom stereocenters. The Morgan fingerprint density at radius 1 is 0.880 bits per heavy atom. The molecule has 0 unspecified atom stereocenters. The molecule has 3 nitrogen and oxygen atoms in total. The molecule has 4 heteroatoms. The smallest absolute Gasteiger partial charge is 0.225 e. The summed E-state index contributed by atoms with van der Waals surface area (Å²) in [6, 6.07) is 0. The van der Waals surface area contributed by atoms with Gasteiger partial charge in [-0.3, -0.25) is 0 Å². The molecule has 2 rings (SSSR count). The standard InChI is InChI=1S/C21H36BrN3/c1-2-3-4-5-6-7-8-9-10-11-12-13-15-20-19(22)18-23-21(24-20)25-16-14-17-25/h18H,2-17H2,1H3. The highest BCUT2D eigenvalue weighted by molar-refractivity contribution is 9.10. The van der Waals surface area contributed by atoms with E-state index in [0.29, 0.717) is 0 Å². The Morgan fingerprint density at radius 3 is 1.96 bits per heavy atom. The fourth-order valence-corrected chi connectivity index (χ4v) is 3.76. The minimum Gasteiger partial charge on any atom is -0.341 e. The molecule has 0 spiro atoms. The highest BCUT2D eigenvalue weighted by Gasteiger charge is 2.18. The van der Waals surface area contributed by atoms with Crippen molar-refractivity contribution in [1.82, 2.24) is 9.97 Å². The number of hydrogen-bond acceptors (Lipinski definition) is 3. The first kappa shape index (κ1) is 20.7. The summed E-state index contributed by atoms with van der Waals surface area (Å²) in [4.78, 5) is 11.5. The Bertz CT molecular complexity index is 474. The van der Waals surface area contributed by atoms with Crippen LogP contribution in [0.3, 0.4) is 0 Å². The zero-order valence-corrected chi connectivity index (χ0v) is 17.7. The van der Waals surface area contributed by atoms with Gasteiger partial charge in [-0.1, -0.05) is 77.6 Å². The summed E-state index contributed by atoms with van der Waals surface area (Å²) in [6.45, 7) is 4.51. The van der Waals surface area contributed by atoms with Crippen molar-refractivity contribution >= 4 is 21.9 Å². The largest absolute Gasteiger partial charge is 0.341 e. The molecule has 1 aliphatic heterocycles. The maximum absolute atomic E-state index is 4.75. The van der Waals surface area contributed by atoms with E-state index in [1.54, 1.807) is 0 Å². The van der Waals surface area contributed by atoms with Crippen LogP contribution in [0.25, 0.3) is 0 Å². The molecule has 0 N–H and O–H groups in total. The second-order valence-electron chi connectivity index (χ2n) is 7.44. The van der Waals surface area contributed by atoms with Crippen LogP contribution in [0.1, 0.15) is 96.1 Å². The predicted molar refractivity (Wildman–Crippen MR) is 111 cm³/mol. The van der Waals surface area contributed by atoms with Gasteiger partial charge < -0.3 is 4.90 Å². The van der Waals surface area contributed by atoms with E-state index in [-0.39, 0.29) is 0 Å². The summed E-state index contributed by atoms with van der Waals surface area (Å²) >= 11 is 3.61. The monoisotopic (exact) mass is 409 g/mol. The normalized spacial score (nSPS) is 13.9. The molecule has 1 aliphatic rings. The van der Waals surface area contributed by atoms with Crippen LogP contribution >= 0.6 is 15.9 Å². The highest BCUT2D eigenvalue weighted by Crippen LogP contribution is 2.22. The van der Waals surface area contributed by atoms with Crippen LogP contribution in [0.5, 0.6) is 0 Å². The van der Waals surface area contributed by atoms with E-state index < -0.39 is 0 Å². The van der Waals surface area contributed by atoms with Gasteiger partial charge in [-0.15, -0.1) is 0 Å². The molecule has 1 fully saturated rings. The lowest BCUT2D eigenvalue weighted by molar-refractivity contribution is 0.543. The van der Waals surface area contributed by atoms with Crippen LogP contribution in [-0.2, 0) is 6.42 Å². The molecular weight excluding hydrogens is 374 g/mol. The first-order valence-electron chi connectivity index (χ1n) is 10.6. The molecule has 0 saturated carbocycles. The van der Waals surface area contributed by atoms with Crippen molar-refractivity contribution in [3.05, 3.63) is 16.4 Å². The zero-order chi connectivity index (χ0) is 17.7. The Labute approximate surface area is 163 Å². The first-order valence-corrected chi connectivity index (χ1v) is 11.4. The fourth-order valence-electron chi connectivity index (χ4n) is 3.37. The minimum atomic E-state index is 0.920. The van der Waals surface area contributed by atoms with Crippen molar-refractivity contribution in [2.45, 2.75) is 96.8 Å². The average molecular weight is 410 g/mol. The van der Waals surface area contributed by atoms with Gasteiger partial charge in [-0.05, 0) is 35.2 Å². The van der Waals surface area contributed by atoms with Crippen LogP contribution in [0.4, 0.5) is 5.95 Å². The van der Waals surface area contributed by atoms with E-state index in [0.717, 1.165) is 29.9 Å². The van der Waals surface area contributed by atoms with Crippen LogP contribution in [0.2, 0.25) is 0 Å². The molecule has 1 saturated heterocycles. The lowest BCUT2D eigenvalue weighted by Gasteiger charge is -2.31. The highest BCUT2D eigenvalue weighted by atomic mass is 79.9. The maximum Gasteiger partial charge on any atom is 0.225 e. The Balaban J connectivity index is 1.48. The molecule has 25 heavy (non-hydrogen) atoms. The van der Waals surface area contributed by atoms with E-state index in [1.165, 1.54) is 89.2 Å². The van der Waals surface area contributed by atoms with Crippen LogP contribution in [-0.4, -0.2) is 23.1 Å². The van der Waals surface area contributed by atoms with Crippen molar-refractivity contribution in [1.29, 1.82) is 0 Å². The average Bonchev–Trinajstić information content (AvgIpc) is 2.57. The van der Waals surface area contributed by atoms with Gasteiger partial charge in [0.2, 0.25) is 5.95 Å². The number of halogens is 1. The van der Waals surface area contributed by atoms with E-state index in [4.69, 9.17) is 4.98 Å². The summed E-state index contributed by atoms with van der Waals surface area (Å²) < 4.78 is 1.07. The lowest BCUT2D eigenvalue weighted by Crippen LogP contribution is -2.38. The number of aromatic nitrogens is 2. The summed E-state index contributed by atoms with van der Waals surface area (Å²) in [7, 11) is 0. The molecule has 0 bridgehead atoms. The number of aryl methyl sites for hydroxylation is 1. The topological polar surface area (TPSA) is 29.0 Å². The van der Waals surface area contributed by atoms with Crippen molar-refractivity contribution < 1.29 is 0 Å². The second kappa shape index (κ2) is 12.7. The third-order valence-corrected chi connectivity index (χ3v) is 5.87. The zero-order valence-electron chi connectivity index (χ0n) is 16.1. The SMILES string of the molecule is CCCCCCCCCCCCCCc1nc(N2CCC2)ncc1Br. The number of rotatable bonds is 14. The van der Waals surface area contributed by atoms with Crippen LogP contribution in [0.15, 0.2) is 10.7 Å². The van der Waals surface area contributed by atoms with Crippen molar-refractivity contribution in [2.75, 3.05) is 18.0 Å². The van der Waals surface area contributed by atoms with Gasteiger partial charge in [0.15, 0.2) is 0 Å². The van der Waals surface area contributed by atoms with Gasteiger partial charge in [0.1, 0.15) is 0 Å². The second-order valence-corrected chi connectivity index (χ2v) is 8.30. The van der Waals surface area contributed by atoms with Crippen LogP contribution in [0, 0.1) is 0 Å². The van der Waals surface area contributed by atoms with Crippen LogP contribution < -0.4 is 4.90 Å². The summed E-state index contributed by atoms with van der Waals surface area (Å²) in [5.41, 5.74) is 1.18.